The maximum atomic E-state index is 12.2. The van der Waals surface area contributed by atoms with Gasteiger partial charge in [-0.15, -0.1) is 0 Å². The fourth-order valence-corrected chi connectivity index (χ4v) is 2.20. The Morgan fingerprint density at radius 2 is 1.58 bits per heavy atom. The van der Waals surface area contributed by atoms with Crippen molar-refractivity contribution in [3.8, 4) is 0 Å². The number of nitrogens with one attached hydrogen (secondary N) is 2. The van der Waals surface area contributed by atoms with E-state index in [9.17, 15) is 9.59 Å². The second-order valence-electron chi connectivity index (χ2n) is 5.61. The Morgan fingerprint density at radius 1 is 0.923 bits per heavy atom. The number of nitrogens with zero attached hydrogens (tertiary/aromatic N) is 1. The molecule has 3 aromatic rings. The van der Waals surface area contributed by atoms with E-state index in [1.54, 1.807) is 48.5 Å². The third-order valence-corrected chi connectivity index (χ3v) is 3.62. The largest absolute Gasteiger partial charge is 0.463 e. The van der Waals surface area contributed by atoms with Crippen molar-refractivity contribution in [2.75, 3.05) is 5.32 Å². The van der Waals surface area contributed by atoms with Gasteiger partial charge in [-0.25, -0.2) is 5.43 Å². The van der Waals surface area contributed by atoms with Gasteiger partial charge < -0.3 is 9.73 Å². The van der Waals surface area contributed by atoms with Crippen LogP contribution in [0.3, 0.4) is 0 Å². The van der Waals surface area contributed by atoms with Crippen molar-refractivity contribution in [1.82, 2.24) is 5.43 Å². The van der Waals surface area contributed by atoms with Crippen LogP contribution in [0.4, 0.5) is 5.69 Å². The smallest absolute Gasteiger partial charge is 0.271 e. The third kappa shape index (κ3) is 4.45. The number of carbonyl (C=O) groups is 2. The van der Waals surface area contributed by atoms with Gasteiger partial charge in [0.2, 0.25) is 0 Å². The number of carbonyl (C=O) groups excluding carboxylic acids is 2. The van der Waals surface area contributed by atoms with Crippen molar-refractivity contribution < 1.29 is 14.0 Å². The van der Waals surface area contributed by atoms with Crippen LogP contribution in [0.15, 0.2) is 76.4 Å². The molecule has 0 aliphatic carbocycles. The SMILES string of the molecule is Cc1ccc(C(=O)Nc2ccc(C(=O)N/N=C\c3ccco3)cc2)cc1. The fraction of sp³-hybridized carbons (Fsp3) is 0.0500. The van der Waals surface area contributed by atoms with Crippen molar-refractivity contribution in [1.29, 1.82) is 0 Å². The van der Waals surface area contributed by atoms with Crippen LogP contribution < -0.4 is 10.7 Å². The van der Waals surface area contributed by atoms with Gasteiger partial charge >= 0.3 is 0 Å². The van der Waals surface area contributed by atoms with E-state index >= 15 is 0 Å². The highest BCUT2D eigenvalue weighted by Gasteiger charge is 2.07. The number of rotatable bonds is 5. The molecule has 1 heterocycles. The molecule has 0 fully saturated rings. The van der Waals surface area contributed by atoms with Crippen LogP contribution in [0, 0.1) is 6.92 Å². The van der Waals surface area contributed by atoms with Crippen LogP contribution in [-0.4, -0.2) is 18.0 Å². The minimum absolute atomic E-state index is 0.203. The Balaban J connectivity index is 1.58. The summed E-state index contributed by atoms with van der Waals surface area (Å²) in [6.45, 7) is 1.96. The average molecular weight is 347 g/mol. The van der Waals surface area contributed by atoms with E-state index in [1.165, 1.54) is 12.5 Å². The lowest BCUT2D eigenvalue weighted by atomic mass is 10.1. The first-order valence-electron chi connectivity index (χ1n) is 7.97. The predicted octanol–water partition coefficient (Wildman–Crippen LogP) is 3.60. The van der Waals surface area contributed by atoms with E-state index in [-0.39, 0.29) is 11.8 Å². The summed E-state index contributed by atoms with van der Waals surface area (Å²) in [6.07, 6.45) is 2.93. The van der Waals surface area contributed by atoms with Gasteiger partial charge in [0, 0.05) is 16.8 Å². The molecule has 0 spiro atoms. The van der Waals surface area contributed by atoms with Crippen LogP contribution in [-0.2, 0) is 0 Å². The molecular formula is C20H17N3O3. The highest BCUT2D eigenvalue weighted by molar-refractivity contribution is 6.04. The number of hydrogen-bond donors (Lipinski definition) is 2. The average Bonchev–Trinajstić information content (AvgIpc) is 3.16. The second kappa shape index (κ2) is 7.94. The maximum absolute atomic E-state index is 12.2. The first kappa shape index (κ1) is 17.2. The van der Waals surface area contributed by atoms with Crippen LogP contribution in [0.5, 0.6) is 0 Å². The molecule has 0 unspecified atom stereocenters. The number of amides is 2. The Kier molecular flexibility index (Phi) is 5.24. The molecule has 0 aliphatic rings. The molecule has 1 aromatic heterocycles. The van der Waals surface area contributed by atoms with Crippen molar-refractivity contribution in [3.05, 3.63) is 89.4 Å². The molecule has 3 rings (SSSR count). The molecule has 130 valence electrons. The summed E-state index contributed by atoms with van der Waals surface area (Å²) in [5.41, 5.74) is 5.10. The lowest BCUT2D eigenvalue weighted by Crippen LogP contribution is -2.17. The first-order valence-corrected chi connectivity index (χ1v) is 7.97. The predicted molar refractivity (Wildman–Crippen MR) is 99.3 cm³/mol. The molecule has 26 heavy (non-hydrogen) atoms. The highest BCUT2D eigenvalue weighted by atomic mass is 16.3. The zero-order chi connectivity index (χ0) is 18.4. The Labute approximate surface area is 150 Å². The van der Waals surface area contributed by atoms with Crippen molar-refractivity contribution >= 4 is 23.7 Å². The highest BCUT2D eigenvalue weighted by Crippen LogP contribution is 2.12. The lowest BCUT2D eigenvalue weighted by molar-refractivity contribution is 0.0954. The summed E-state index contributed by atoms with van der Waals surface area (Å²) in [7, 11) is 0. The van der Waals surface area contributed by atoms with Crippen LogP contribution in [0.2, 0.25) is 0 Å². The quantitative estimate of drug-likeness (QED) is 0.546. The van der Waals surface area contributed by atoms with E-state index in [4.69, 9.17) is 4.42 Å². The van der Waals surface area contributed by atoms with Gasteiger partial charge in [-0.05, 0) is 55.5 Å². The summed E-state index contributed by atoms with van der Waals surface area (Å²) in [5, 5.41) is 6.61. The topological polar surface area (TPSA) is 83.7 Å². The van der Waals surface area contributed by atoms with Crippen LogP contribution in [0.1, 0.15) is 32.0 Å². The molecule has 2 amide bonds. The fourth-order valence-electron chi connectivity index (χ4n) is 2.20. The number of hydrazone groups is 1. The minimum atomic E-state index is -0.357. The number of aryl methyl sites for hydroxylation is 1. The number of benzene rings is 2. The normalized spacial score (nSPS) is 10.7. The Morgan fingerprint density at radius 3 is 2.23 bits per heavy atom. The Bertz CT molecular complexity index is 912. The molecule has 6 nitrogen and oxygen atoms in total. The van der Waals surface area contributed by atoms with Crippen molar-refractivity contribution in [3.63, 3.8) is 0 Å². The second-order valence-corrected chi connectivity index (χ2v) is 5.61. The zero-order valence-electron chi connectivity index (χ0n) is 14.1. The summed E-state index contributed by atoms with van der Waals surface area (Å²) >= 11 is 0. The summed E-state index contributed by atoms with van der Waals surface area (Å²) in [4.78, 5) is 24.2. The number of furan rings is 1. The molecule has 0 radical (unpaired) electrons. The van der Waals surface area contributed by atoms with Gasteiger partial charge in [0.25, 0.3) is 11.8 Å². The molecular weight excluding hydrogens is 330 g/mol. The van der Waals surface area contributed by atoms with E-state index in [0.29, 0.717) is 22.6 Å². The third-order valence-electron chi connectivity index (χ3n) is 3.62. The lowest BCUT2D eigenvalue weighted by Gasteiger charge is -2.06. The molecule has 0 atom stereocenters. The van der Waals surface area contributed by atoms with Gasteiger partial charge in [0.1, 0.15) is 5.76 Å². The first-order chi connectivity index (χ1) is 12.6. The molecule has 0 aliphatic heterocycles. The Hall–Kier alpha value is -3.67. The van der Waals surface area contributed by atoms with Crippen LogP contribution in [0.25, 0.3) is 0 Å². The van der Waals surface area contributed by atoms with Gasteiger partial charge in [-0.3, -0.25) is 9.59 Å². The monoisotopic (exact) mass is 347 g/mol. The molecule has 2 aromatic carbocycles. The number of anilines is 1. The standard InChI is InChI=1S/C20H17N3O3/c1-14-4-6-15(7-5-14)19(24)22-17-10-8-16(9-11-17)20(25)23-21-13-18-3-2-12-26-18/h2-13H,1H3,(H,22,24)(H,23,25)/b21-13-. The minimum Gasteiger partial charge on any atom is -0.463 e. The maximum Gasteiger partial charge on any atom is 0.271 e. The zero-order valence-corrected chi connectivity index (χ0v) is 14.1. The van der Waals surface area contributed by atoms with Gasteiger partial charge in [0.05, 0.1) is 12.5 Å². The van der Waals surface area contributed by atoms with E-state index in [1.807, 2.05) is 19.1 Å². The van der Waals surface area contributed by atoms with E-state index < -0.39 is 0 Å². The molecule has 0 saturated carbocycles. The van der Waals surface area contributed by atoms with Crippen molar-refractivity contribution in [2.24, 2.45) is 5.10 Å². The van der Waals surface area contributed by atoms with Gasteiger partial charge in [-0.2, -0.15) is 5.10 Å². The molecule has 2 N–H and O–H groups in total. The van der Waals surface area contributed by atoms with Crippen LogP contribution >= 0.6 is 0 Å². The summed E-state index contributed by atoms with van der Waals surface area (Å²) in [6, 6.07) is 17.3. The summed E-state index contributed by atoms with van der Waals surface area (Å²) in [5.74, 6) is -0.0195. The van der Waals surface area contributed by atoms with E-state index in [2.05, 4.69) is 15.8 Å². The van der Waals surface area contributed by atoms with E-state index in [0.717, 1.165) is 5.56 Å². The molecule has 6 heteroatoms. The number of hydrogen-bond acceptors (Lipinski definition) is 4. The van der Waals surface area contributed by atoms with Gasteiger partial charge in [0.15, 0.2) is 0 Å². The molecule has 0 bridgehead atoms. The molecule has 0 saturated heterocycles. The summed E-state index contributed by atoms with van der Waals surface area (Å²) < 4.78 is 5.08. The van der Waals surface area contributed by atoms with Crippen molar-refractivity contribution in [2.45, 2.75) is 6.92 Å². The van der Waals surface area contributed by atoms with Gasteiger partial charge in [-0.1, -0.05) is 17.7 Å².